The molecule has 14 nitrogen and oxygen atoms in total. The zero-order valence-corrected chi connectivity index (χ0v) is 65.1. The molecule has 6 aliphatic carbocycles. The summed E-state index contributed by atoms with van der Waals surface area (Å²) in [5.41, 5.74) is 4.42. The first-order valence-corrected chi connectivity index (χ1v) is 40.6. The number of hydrogen-bond acceptors (Lipinski definition) is 14. The van der Waals surface area contributed by atoms with Crippen molar-refractivity contribution in [1.29, 1.82) is 0 Å². The van der Waals surface area contributed by atoms with Crippen molar-refractivity contribution in [2.75, 3.05) is 66.7 Å². The highest BCUT2D eigenvalue weighted by atomic mass is 16.5. The van der Waals surface area contributed by atoms with E-state index in [2.05, 4.69) is 132 Å². The lowest BCUT2D eigenvalue weighted by molar-refractivity contribution is -0.135. The Morgan fingerprint density at radius 1 is 0.292 bits per heavy atom. The van der Waals surface area contributed by atoms with Gasteiger partial charge in [-0.05, 0) is 190 Å². The Hall–Kier alpha value is -6.98. The van der Waals surface area contributed by atoms with Gasteiger partial charge in [-0.15, -0.1) is 0 Å². The minimum Gasteiger partial charge on any atom is -0.383 e. The van der Waals surface area contributed by atoms with Gasteiger partial charge in [0.15, 0.2) is 34.7 Å². The molecule has 6 saturated carbocycles. The van der Waals surface area contributed by atoms with Gasteiger partial charge in [0, 0.05) is 77.9 Å². The van der Waals surface area contributed by atoms with Crippen LogP contribution in [0.25, 0.3) is 0 Å². The van der Waals surface area contributed by atoms with Crippen molar-refractivity contribution in [3.05, 3.63) is 215 Å². The number of nitrogens with zero attached hydrogens (tertiary/aromatic N) is 2. The van der Waals surface area contributed by atoms with Gasteiger partial charge in [-0.1, -0.05) is 221 Å². The Morgan fingerprint density at radius 2 is 0.519 bits per heavy atom. The Balaban J connectivity index is 0.000000147. The molecular weight excluding hydrogens is 1320 g/mol. The van der Waals surface area contributed by atoms with Crippen LogP contribution in [0.5, 0.6) is 0 Å². The monoisotopic (exact) mass is 1440 g/mol. The summed E-state index contributed by atoms with van der Waals surface area (Å²) in [7, 11) is 3.36. The first-order valence-electron chi connectivity index (χ1n) is 40.6. The van der Waals surface area contributed by atoms with Crippen molar-refractivity contribution in [2.24, 2.45) is 0 Å². The van der Waals surface area contributed by atoms with Crippen molar-refractivity contribution in [2.45, 2.75) is 253 Å². The Labute approximate surface area is 635 Å². The third-order valence-corrected chi connectivity index (χ3v) is 23.4. The van der Waals surface area contributed by atoms with E-state index < -0.39 is 22.2 Å². The molecule has 0 bridgehead atoms. The second-order valence-corrected chi connectivity index (χ2v) is 31.1. The summed E-state index contributed by atoms with van der Waals surface area (Å²) in [6.07, 6.45) is 27.9. The number of hydrogen-bond donors (Lipinski definition) is 4. The Bertz CT molecular complexity index is 3390. The van der Waals surface area contributed by atoms with Crippen LogP contribution < -0.4 is 21.3 Å². The lowest BCUT2D eigenvalue weighted by atomic mass is 9.74. The second-order valence-electron chi connectivity index (χ2n) is 31.1. The molecule has 6 aromatic carbocycles. The SMILES string of the molecule is CC(C)N[C@@]1(c2ccccc2)CCCCC1=O.CC(C)N[C@]1(c2ccccc2)CCCCC1=O.COCCN[C@@]1(c2ccccc2)CCCCC1=O.COCCN[C@]1(c2ccccc2)CCCCC1=O.O=C1CCCC[C@@]1(c1ccccc1)N1CCCC1.O=C1CCCC[C@]1(c1ccccc1)N1CCCC1. The fraction of sp³-hybridized carbons (Fsp3) is 0.543. The number of rotatable bonds is 20. The molecule has 2 aliphatic heterocycles. The molecule has 6 atom stereocenters. The highest BCUT2D eigenvalue weighted by molar-refractivity contribution is 5.93. The molecule has 106 heavy (non-hydrogen) atoms. The van der Waals surface area contributed by atoms with Crippen molar-refractivity contribution in [3.8, 4) is 0 Å². The summed E-state index contributed by atoms with van der Waals surface area (Å²) in [6, 6.07) is 62.0. The number of carbonyl (C=O) groups excluding carboxylic acids is 6. The quantitative estimate of drug-likeness (QED) is 0.0531. The fourth-order valence-corrected chi connectivity index (χ4v) is 18.3. The van der Waals surface area contributed by atoms with E-state index in [1.807, 2.05) is 109 Å². The zero-order chi connectivity index (χ0) is 75.1. The predicted octanol–water partition coefficient (Wildman–Crippen LogP) is 16.8. The van der Waals surface area contributed by atoms with Crippen LogP contribution in [0.4, 0.5) is 0 Å². The third kappa shape index (κ3) is 20.5. The van der Waals surface area contributed by atoms with E-state index in [-0.39, 0.29) is 11.1 Å². The molecule has 0 spiro atoms. The number of ketones is 6. The summed E-state index contributed by atoms with van der Waals surface area (Å²) < 4.78 is 10.2. The molecule has 0 aromatic heterocycles. The molecule has 8 fully saturated rings. The standard InChI is InChI=1S/2C16H21NO.2C15H21NO2.2C15H21NO/c2*18-15-10-4-5-11-16(15,17-12-6-7-13-17)14-8-2-1-3-9-14;2*1-18-12-11-16-15(10-6-5-9-14(15)17)13-7-3-2-4-8-13;2*1-12(2)16-15(11-7-6-10-14(15)17)13-8-4-3-5-9-13/h2*1-3,8-9H,4-7,10-13H2;2*2-4,7-8,16H,5-6,9-12H2,1H3;2*3-5,8-9,12,16H,6-7,10-11H2,1-2H3/t2*16-;4*15-/m101010/s1. The van der Waals surface area contributed by atoms with Crippen molar-refractivity contribution in [3.63, 3.8) is 0 Å². The van der Waals surface area contributed by atoms with Gasteiger partial charge in [-0.2, -0.15) is 0 Å². The molecule has 0 amide bonds. The molecule has 2 saturated heterocycles. The van der Waals surface area contributed by atoms with E-state index in [0.717, 1.165) is 164 Å². The summed E-state index contributed by atoms with van der Waals surface area (Å²) in [4.78, 5) is 79.8. The van der Waals surface area contributed by atoms with E-state index in [1.165, 1.54) is 49.7 Å². The first-order chi connectivity index (χ1) is 51.6. The number of Topliss-reactive ketones (excluding diaryl/α,β-unsaturated/α-hetero) is 6. The normalized spacial score (nSPS) is 26.4. The van der Waals surface area contributed by atoms with Crippen LogP contribution in [-0.4, -0.2) is 123 Å². The molecule has 14 rings (SSSR count). The van der Waals surface area contributed by atoms with Crippen LogP contribution in [0.1, 0.15) is 241 Å². The largest absolute Gasteiger partial charge is 0.383 e. The predicted molar refractivity (Wildman–Crippen MR) is 427 cm³/mol. The van der Waals surface area contributed by atoms with Crippen LogP contribution in [0.2, 0.25) is 0 Å². The van der Waals surface area contributed by atoms with E-state index >= 15 is 0 Å². The highest BCUT2D eigenvalue weighted by Gasteiger charge is 2.50. The second kappa shape index (κ2) is 41.5. The van der Waals surface area contributed by atoms with Gasteiger partial charge in [0.25, 0.3) is 0 Å². The fourth-order valence-electron chi connectivity index (χ4n) is 18.3. The number of benzene rings is 6. The van der Waals surface area contributed by atoms with Gasteiger partial charge < -0.3 is 9.47 Å². The highest BCUT2D eigenvalue weighted by Crippen LogP contribution is 2.45. The van der Waals surface area contributed by atoms with Crippen molar-refractivity contribution >= 4 is 34.7 Å². The summed E-state index contributed by atoms with van der Waals surface area (Å²) in [5.74, 6) is 2.23. The summed E-state index contributed by atoms with van der Waals surface area (Å²) in [6.45, 7) is 15.4. The Morgan fingerprint density at radius 3 is 0.755 bits per heavy atom. The molecule has 6 aromatic rings. The van der Waals surface area contributed by atoms with Crippen molar-refractivity contribution < 1.29 is 38.2 Å². The topological polar surface area (TPSA) is 175 Å². The zero-order valence-electron chi connectivity index (χ0n) is 65.1. The molecular formula is C92H126N6O8. The molecule has 8 aliphatic rings. The van der Waals surface area contributed by atoms with E-state index in [9.17, 15) is 28.8 Å². The molecule has 0 radical (unpaired) electrons. The maximum Gasteiger partial charge on any atom is 0.157 e. The minimum atomic E-state index is -0.488. The maximum absolute atomic E-state index is 12.7. The van der Waals surface area contributed by atoms with Crippen LogP contribution >= 0.6 is 0 Å². The maximum atomic E-state index is 12.7. The van der Waals surface area contributed by atoms with Crippen LogP contribution in [-0.2, 0) is 71.5 Å². The van der Waals surface area contributed by atoms with E-state index in [0.29, 0.717) is 98.8 Å². The number of ether oxygens (including phenoxy) is 2. The average molecular weight is 1440 g/mol. The first kappa shape index (κ1) is 83.1. The van der Waals surface area contributed by atoms with E-state index in [4.69, 9.17) is 9.47 Å². The Kier molecular flexibility index (Phi) is 32.6. The average Bonchev–Trinajstić information content (AvgIpc) is 1.34. The number of methoxy groups -OCH3 is 2. The third-order valence-electron chi connectivity index (χ3n) is 23.4. The van der Waals surface area contributed by atoms with Gasteiger partial charge in [-0.3, -0.25) is 59.8 Å². The van der Waals surface area contributed by atoms with Crippen molar-refractivity contribution in [1.82, 2.24) is 31.1 Å². The van der Waals surface area contributed by atoms with Crippen LogP contribution in [0.15, 0.2) is 182 Å². The lowest BCUT2D eigenvalue weighted by Crippen LogP contribution is -2.53. The number of nitrogens with one attached hydrogen (secondary N) is 4. The molecule has 572 valence electrons. The van der Waals surface area contributed by atoms with Crippen LogP contribution in [0.3, 0.4) is 0 Å². The van der Waals surface area contributed by atoms with Gasteiger partial charge in [0.2, 0.25) is 0 Å². The molecule has 4 N–H and O–H groups in total. The van der Waals surface area contributed by atoms with Crippen LogP contribution in [0, 0.1) is 0 Å². The lowest BCUT2D eigenvalue weighted by Gasteiger charge is -2.43. The van der Waals surface area contributed by atoms with E-state index in [1.54, 1.807) is 14.2 Å². The molecule has 14 heteroatoms. The molecule has 2 heterocycles. The van der Waals surface area contributed by atoms with Gasteiger partial charge in [0.1, 0.15) is 33.2 Å². The molecule has 0 unspecified atom stereocenters. The van der Waals surface area contributed by atoms with Gasteiger partial charge in [0.05, 0.1) is 13.2 Å². The number of likely N-dealkylation sites (tertiary alicyclic amines) is 2. The summed E-state index contributed by atoms with van der Waals surface area (Å²) in [5, 5.41) is 13.9. The smallest absolute Gasteiger partial charge is 0.157 e. The minimum absolute atomic E-state index is 0.296. The summed E-state index contributed by atoms with van der Waals surface area (Å²) >= 11 is 0. The van der Waals surface area contributed by atoms with Gasteiger partial charge >= 0.3 is 0 Å². The van der Waals surface area contributed by atoms with Gasteiger partial charge in [-0.25, -0.2) is 0 Å². The number of carbonyl (C=O) groups is 6.